The fourth-order valence-corrected chi connectivity index (χ4v) is 0.901. The first-order chi connectivity index (χ1) is 10.3. The Bertz CT molecular complexity index is 408. The zero-order valence-electron chi connectivity index (χ0n) is 13.8. The van der Waals surface area contributed by atoms with Crippen molar-refractivity contribution in [2.24, 2.45) is 0 Å². The molecule has 0 aliphatic carbocycles. The molecule has 0 fully saturated rings. The Hall–Kier alpha value is -2.04. The second-order valence-corrected chi connectivity index (χ2v) is 3.82. The molecule has 0 unspecified atom stereocenters. The minimum Gasteiger partial charge on any atom is -0.521 e. The first kappa shape index (κ1) is 29.0. The predicted molar refractivity (Wildman–Crippen MR) is 88.3 cm³/mol. The van der Waals surface area contributed by atoms with Crippen LogP contribution in [0.2, 0.25) is 0 Å². The summed E-state index contributed by atoms with van der Waals surface area (Å²) >= 11 is 0. The molecule has 0 amide bonds. The van der Waals surface area contributed by atoms with E-state index in [1.54, 1.807) is 12.4 Å². The second kappa shape index (κ2) is 22.2. The number of aromatic nitrogens is 1. The average Bonchev–Trinajstić information content (AvgIpc) is 2.41. The van der Waals surface area contributed by atoms with Gasteiger partial charge in [-0.25, -0.2) is 0 Å². The van der Waals surface area contributed by atoms with Gasteiger partial charge in [0.15, 0.2) is 11.6 Å². The Morgan fingerprint density at radius 1 is 0.870 bits per heavy atom. The van der Waals surface area contributed by atoms with E-state index in [2.05, 4.69) is 18.1 Å². The van der Waals surface area contributed by atoms with Crippen LogP contribution in [0.5, 0.6) is 0 Å². The standard InChI is InChI=1S/C5H5N.2C5H8O2.C2H3.Ir/c1-2-4-6-5-3-1;2*1-4(6)3-5(2)7;1-2;/h1-5H;2*3,6H,1-2H3;1H,2H2;/q;;;-1;/b;2*4-3+;;. The molecule has 0 aliphatic rings. The van der Waals surface area contributed by atoms with E-state index in [4.69, 9.17) is 10.2 Å². The van der Waals surface area contributed by atoms with E-state index >= 15 is 0 Å². The van der Waals surface area contributed by atoms with Crippen molar-refractivity contribution in [3.63, 3.8) is 0 Å². The van der Waals surface area contributed by atoms with Gasteiger partial charge in [0, 0.05) is 44.7 Å². The number of carbonyl (C=O) groups is 2. The Kier molecular flexibility index (Phi) is 28.1. The molecule has 0 aromatic carbocycles. The first-order valence-electron chi connectivity index (χ1n) is 6.27. The maximum atomic E-state index is 10.0. The van der Waals surface area contributed by atoms with Crippen LogP contribution in [0.1, 0.15) is 27.7 Å². The van der Waals surface area contributed by atoms with E-state index in [1.165, 1.54) is 39.8 Å². The third-order valence-electron chi connectivity index (χ3n) is 1.39. The number of aliphatic hydroxyl groups excluding tert-OH is 2. The molecule has 0 saturated carbocycles. The van der Waals surface area contributed by atoms with Crippen LogP contribution in [0.15, 0.2) is 60.8 Å². The van der Waals surface area contributed by atoms with Crippen molar-refractivity contribution in [2.45, 2.75) is 27.7 Å². The minimum absolute atomic E-state index is 0. The van der Waals surface area contributed by atoms with Gasteiger partial charge >= 0.3 is 0 Å². The fourth-order valence-electron chi connectivity index (χ4n) is 0.901. The van der Waals surface area contributed by atoms with E-state index in [1.807, 2.05) is 18.2 Å². The van der Waals surface area contributed by atoms with E-state index < -0.39 is 0 Å². The van der Waals surface area contributed by atoms with Gasteiger partial charge in [-0.3, -0.25) is 21.2 Å². The van der Waals surface area contributed by atoms with Gasteiger partial charge in [0.05, 0.1) is 11.5 Å². The van der Waals surface area contributed by atoms with E-state index in [9.17, 15) is 9.59 Å². The normalized spacial score (nSPS) is 9.22. The van der Waals surface area contributed by atoms with Gasteiger partial charge in [-0.1, -0.05) is 6.07 Å². The first-order valence-corrected chi connectivity index (χ1v) is 6.27. The van der Waals surface area contributed by atoms with Gasteiger partial charge in [-0.05, 0) is 39.8 Å². The number of rotatable bonds is 2. The molecule has 1 radical (unpaired) electrons. The van der Waals surface area contributed by atoms with Gasteiger partial charge < -0.3 is 16.8 Å². The topological polar surface area (TPSA) is 87.5 Å². The number of pyridine rings is 1. The largest absolute Gasteiger partial charge is 0.521 e. The van der Waals surface area contributed by atoms with Crippen LogP contribution in [0.4, 0.5) is 0 Å². The molecule has 0 bridgehead atoms. The maximum absolute atomic E-state index is 10.0. The molecule has 131 valence electrons. The molecule has 0 aliphatic heterocycles. The van der Waals surface area contributed by atoms with Crippen LogP contribution < -0.4 is 0 Å². The third-order valence-corrected chi connectivity index (χ3v) is 1.39. The van der Waals surface area contributed by atoms with Crippen molar-refractivity contribution in [1.82, 2.24) is 4.98 Å². The van der Waals surface area contributed by atoms with Gasteiger partial charge in [0.2, 0.25) is 0 Å². The smallest absolute Gasteiger partial charge is 0.155 e. The molecule has 0 atom stereocenters. The Labute approximate surface area is 151 Å². The van der Waals surface area contributed by atoms with Crippen molar-refractivity contribution in [1.29, 1.82) is 0 Å². The number of allylic oxidation sites excluding steroid dienone is 4. The molecule has 1 rings (SSSR count). The summed E-state index contributed by atoms with van der Waals surface area (Å²) in [6.07, 6.45) is 5.83. The number of nitrogens with zero attached hydrogens (tertiary/aromatic N) is 1. The Morgan fingerprint density at radius 3 is 1.22 bits per heavy atom. The van der Waals surface area contributed by atoms with E-state index in [0.717, 1.165) is 0 Å². The zero-order chi connectivity index (χ0) is 18.0. The molecular formula is C17H24IrNO4-. The molecule has 23 heavy (non-hydrogen) atoms. The monoisotopic (exact) mass is 499 g/mol. The summed E-state index contributed by atoms with van der Waals surface area (Å²) in [7, 11) is 0. The summed E-state index contributed by atoms with van der Waals surface area (Å²) in [5.74, 6) is -0.125. The molecule has 0 spiro atoms. The summed E-state index contributed by atoms with van der Waals surface area (Å²) in [4.78, 5) is 23.8. The number of ketones is 2. The number of hydrogen-bond donors (Lipinski definition) is 2. The van der Waals surface area contributed by atoms with Gasteiger partial charge in [0.1, 0.15) is 0 Å². The van der Waals surface area contributed by atoms with E-state index in [0.29, 0.717) is 0 Å². The van der Waals surface area contributed by atoms with Crippen LogP contribution in [0.3, 0.4) is 0 Å². The van der Waals surface area contributed by atoms with Crippen molar-refractivity contribution in [2.75, 3.05) is 0 Å². The number of hydrogen-bond acceptors (Lipinski definition) is 5. The third kappa shape index (κ3) is 45.0. The summed E-state index contributed by atoms with van der Waals surface area (Å²) in [6.45, 7) is 12.7. The van der Waals surface area contributed by atoms with Crippen LogP contribution in [-0.2, 0) is 29.7 Å². The molecule has 0 saturated heterocycles. The summed E-state index contributed by atoms with van der Waals surface area (Å²) < 4.78 is 0. The molecule has 2 N–H and O–H groups in total. The number of carbonyl (C=O) groups excluding carboxylic acids is 2. The van der Waals surface area contributed by atoms with Crippen molar-refractivity contribution < 1.29 is 39.9 Å². The maximum Gasteiger partial charge on any atom is 0.155 e. The molecule has 1 heterocycles. The van der Waals surface area contributed by atoms with Crippen molar-refractivity contribution in [3.8, 4) is 0 Å². The summed E-state index contributed by atoms with van der Waals surface area (Å²) in [5, 5.41) is 16.7. The Balaban J connectivity index is -0.000000109. The second-order valence-electron chi connectivity index (χ2n) is 3.82. The minimum atomic E-state index is -0.125. The SMILES string of the molecule is CC(=O)/C=C(\C)O.CC(=O)/C=C(\C)O.[CH-]=C.[Ir].c1ccncc1. The average molecular weight is 499 g/mol. The van der Waals surface area contributed by atoms with E-state index in [-0.39, 0.29) is 43.2 Å². The molecule has 5 nitrogen and oxygen atoms in total. The van der Waals surface area contributed by atoms with Crippen LogP contribution in [0.25, 0.3) is 0 Å². The predicted octanol–water partition coefficient (Wildman–Crippen LogP) is 3.76. The zero-order valence-corrected chi connectivity index (χ0v) is 16.2. The quantitative estimate of drug-likeness (QED) is 0.368. The molecule has 1 aromatic rings. The van der Waals surface area contributed by atoms with Gasteiger partial charge in [-0.2, -0.15) is 0 Å². The molecule has 6 heteroatoms. The molecular weight excluding hydrogens is 474 g/mol. The van der Waals surface area contributed by atoms with Crippen LogP contribution in [-0.4, -0.2) is 26.8 Å². The van der Waals surface area contributed by atoms with Crippen LogP contribution in [0, 0.1) is 6.58 Å². The summed E-state index contributed by atoms with van der Waals surface area (Å²) in [6, 6.07) is 5.72. The fraction of sp³-hybridized carbons (Fsp3) is 0.235. The molecule has 1 aromatic heterocycles. The number of aliphatic hydroxyl groups is 2. The van der Waals surface area contributed by atoms with Gasteiger partial charge in [0.25, 0.3) is 0 Å². The Morgan fingerprint density at radius 2 is 1.17 bits per heavy atom. The van der Waals surface area contributed by atoms with Gasteiger partial charge in [-0.15, -0.1) is 0 Å². The van der Waals surface area contributed by atoms with Crippen molar-refractivity contribution in [3.05, 3.63) is 67.4 Å². The summed E-state index contributed by atoms with van der Waals surface area (Å²) in [5.41, 5.74) is 0. The van der Waals surface area contributed by atoms with Crippen molar-refractivity contribution >= 4 is 11.6 Å². The van der Waals surface area contributed by atoms with Crippen LogP contribution >= 0.6 is 0 Å².